The minimum atomic E-state index is 0.454. The zero-order chi connectivity index (χ0) is 15.4. The van der Waals surface area contributed by atoms with Crippen molar-refractivity contribution in [3.63, 3.8) is 0 Å². The van der Waals surface area contributed by atoms with Crippen molar-refractivity contribution >= 4 is 22.9 Å². The summed E-state index contributed by atoms with van der Waals surface area (Å²) in [6, 6.07) is 14.9. The maximum absolute atomic E-state index is 5.69. The number of rotatable bonds is 5. The predicted molar refractivity (Wildman–Crippen MR) is 95.0 cm³/mol. The summed E-state index contributed by atoms with van der Waals surface area (Å²) in [4.78, 5) is 2.82. The highest BCUT2D eigenvalue weighted by atomic mass is 32.1. The summed E-state index contributed by atoms with van der Waals surface area (Å²) in [6.45, 7) is 8.26. The van der Waals surface area contributed by atoms with Crippen molar-refractivity contribution in [2.75, 3.05) is 11.4 Å². The third kappa shape index (κ3) is 3.82. The SMILES string of the molecule is CCN(Cc1ccc(C(N)=S)cc1C)c1ccc(C)cc1. The molecule has 2 aromatic carbocycles. The fourth-order valence-electron chi connectivity index (χ4n) is 2.37. The lowest BCUT2D eigenvalue weighted by molar-refractivity contribution is 0.827. The van der Waals surface area contributed by atoms with Crippen LogP contribution in [0.4, 0.5) is 5.69 Å². The van der Waals surface area contributed by atoms with Crippen LogP contribution >= 0.6 is 12.2 Å². The molecule has 2 nitrogen and oxygen atoms in total. The zero-order valence-electron chi connectivity index (χ0n) is 12.9. The molecule has 3 heteroatoms. The van der Waals surface area contributed by atoms with Crippen LogP contribution < -0.4 is 10.6 Å². The van der Waals surface area contributed by atoms with Gasteiger partial charge >= 0.3 is 0 Å². The van der Waals surface area contributed by atoms with Crippen molar-refractivity contribution in [2.45, 2.75) is 27.3 Å². The number of aryl methyl sites for hydroxylation is 2. The minimum Gasteiger partial charge on any atom is -0.389 e. The van der Waals surface area contributed by atoms with Crippen LogP contribution in [0, 0.1) is 13.8 Å². The third-order valence-corrected chi connectivity index (χ3v) is 4.00. The van der Waals surface area contributed by atoms with Crippen molar-refractivity contribution in [3.8, 4) is 0 Å². The fraction of sp³-hybridized carbons (Fsp3) is 0.278. The van der Waals surface area contributed by atoms with E-state index in [-0.39, 0.29) is 0 Å². The first-order valence-corrected chi connectivity index (χ1v) is 7.63. The van der Waals surface area contributed by atoms with Crippen LogP contribution in [0.1, 0.15) is 29.2 Å². The van der Waals surface area contributed by atoms with E-state index >= 15 is 0 Å². The molecule has 0 aliphatic rings. The van der Waals surface area contributed by atoms with Gasteiger partial charge in [0.15, 0.2) is 0 Å². The normalized spacial score (nSPS) is 10.4. The highest BCUT2D eigenvalue weighted by Crippen LogP contribution is 2.20. The molecule has 0 aliphatic heterocycles. The summed E-state index contributed by atoms with van der Waals surface area (Å²) in [5.74, 6) is 0. The Kier molecular flexibility index (Phi) is 4.97. The van der Waals surface area contributed by atoms with E-state index < -0.39 is 0 Å². The Morgan fingerprint density at radius 1 is 1.10 bits per heavy atom. The molecule has 0 fully saturated rings. The summed E-state index contributed by atoms with van der Waals surface area (Å²) in [7, 11) is 0. The maximum Gasteiger partial charge on any atom is 0.103 e. The lowest BCUT2D eigenvalue weighted by Gasteiger charge is -2.24. The Labute approximate surface area is 132 Å². The Morgan fingerprint density at radius 3 is 2.29 bits per heavy atom. The van der Waals surface area contributed by atoms with Gasteiger partial charge in [0.1, 0.15) is 4.99 Å². The van der Waals surface area contributed by atoms with Crippen LogP contribution in [0.25, 0.3) is 0 Å². The lowest BCUT2D eigenvalue weighted by atomic mass is 10.0. The van der Waals surface area contributed by atoms with Gasteiger partial charge in [-0.3, -0.25) is 0 Å². The van der Waals surface area contributed by atoms with Gasteiger partial charge in [-0.2, -0.15) is 0 Å². The van der Waals surface area contributed by atoms with E-state index in [9.17, 15) is 0 Å². The average Bonchev–Trinajstić information content (AvgIpc) is 2.47. The van der Waals surface area contributed by atoms with E-state index in [0.29, 0.717) is 4.99 Å². The molecule has 21 heavy (non-hydrogen) atoms. The van der Waals surface area contributed by atoms with Gasteiger partial charge in [0.2, 0.25) is 0 Å². The van der Waals surface area contributed by atoms with Crippen LogP contribution in [0.5, 0.6) is 0 Å². The van der Waals surface area contributed by atoms with Gasteiger partial charge in [-0.15, -0.1) is 0 Å². The van der Waals surface area contributed by atoms with Crippen LogP contribution in [0.2, 0.25) is 0 Å². The second-order valence-electron chi connectivity index (χ2n) is 5.36. The second-order valence-corrected chi connectivity index (χ2v) is 5.80. The Morgan fingerprint density at radius 2 is 1.76 bits per heavy atom. The summed E-state index contributed by atoms with van der Waals surface area (Å²) >= 11 is 5.03. The number of hydrogen-bond donors (Lipinski definition) is 1. The summed E-state index contributed by atoms with van der Waals surface area (Å²) < 4.78 is 0. The van der Waals surface area contributed by atoms with Gasteiger partial charge in [0.05, 0.1) is 0 Å². The quantitative estimate of drug-likeness (QED) is 0.847. The molecule has 0 saturated carbocycles. The molecule has 0 aromatic heterocycles. The molecule has 0 bridgehead atoms. The van der Waals surface area contributed by atoms with E-state index in [1.54, 1.807) is 0 Å². The smallest absolute Gasteiger partial charge is 0.103 e. The van der Waals surface area contributed by atoms with Crippen molar-refractivity contribution in [1.82, 2.24) is 0 Å². The molecule has 0 spiro atoms. The van der Waals surface area contributed by atoms with Crippen molar-refractivity contribution in [1.29, 1.82) is 0 Å². The molecule has 2 rings (SSSR count). The van der Waals surface area contributed by atoms with E-state index in [4.69, 9.17) is 18.0 Å². The van der Waals surface area contributed by atoms with Crippen molar-refractivity contribution in [2.24, 2.45) is 5.73 Å². The third-order valence-electron chi connectivity index (χ3n) is 3.77. The highest BCUT2D eigenvalue weighted by Gasteiger charge is 2.08. The Bertz CT molecular complexity index is 632. The second kappa shape index (κ2) is 6.72. The topological polar surface area (TPSA) is 29.3 Å². The number of anilines is 1. The van der Waals surface area contributed by atoms with Gasteiger partial charge in [0.25, 0.3) is 0 Å². The van der Waals surface area contributed by atoms with E-state index in [0.717, 1.165) is 18.7 Å². The first-order valence-electron chi connectivity index (χ1n) is 7.22. The maximum atomic E-state index is 5.69. The first-order chi connectivity index (χ1) is 10.0. The number of thiocarbonyl (C=S) groups is 1. The number of nitrogens with two attached hydrogens (primary N) is 1. The number of nitrogens with zero attached hydrogens (tertiary/aromatic N) is 1. The van der Waals surface area contributed by atoms with Crippen LogP contribution in [-0.4, -0.2) is 11.5 Å². The monoisotopic (exact) mass is 298 g/mol. The van der Waals surface area contributed by atoms with Crippen LogP contribution in [0.15, 0.2) is 42.5 Å². The average molecular weight is 298 g/mol. The van der Waals surface area contributed by atoms with E-state index in [1.807, 2.05) is 6.07 Å². The largest absolute Gasteiger partial charge is 0.389 e. The summed E-state index contributed by atoms with van der Waals surface area (Å²) in [6.07, 6.45) is 0. The number of hydrogen-bond acceptors (Lipinski definition) is 2. The fourth-order valence-corrected chi connectivity index (χ4v) is 2.50. The molecular weight excluding hydrogens is 276 g/mol. The predicted octanol–water partition coefficient (Wildman–Crippen LogP) is 3.96. The molecule has 2 N–H and O–H groups in total. The van der Waals surface area contributed by atoms with Gasteiger partial charge in [-0.25, -0.2) is 0 Å². The molecule has 0 heterocycles. The van der Waals surface area contributed by atoms with Crippen molar-refractivity contribution in [3.05, 3.63) is 64.7 Å². The Balaban J connectivity index is 2.22. The molecule has 0 radical (unpaired) electrons. The molecule has 0 amide bonds. The lowest BCUT2D eigenvalue weighted by Crippen LogP contribution is -2.22. The molecule has 0 atom stereocenters. The summed E-state index contributed by atoms with van der Waals surface area (Å²) in [5.41, 5.74) is 11.7. The molecule has 0 aliphatic carbocycles. The molecule has 0 saturated heterocycles. The molecule has 110 valence electrons. The molecule has 2 aromatic rings. The Hall–Kier alpha value is -1.87. The van der Waals surface area contributed by atoms with E-state index in [1.165, 1.54) is 22.4 Å². The molecule has 0 unspecified atom stereocenters. The van der Waals surface area contributed by atoms with Crippen molar-refractivity contribution < 1.29 is 0 Å². The highest BCUT2D eigenvalue weighted by molar-refractivity contribution is 7.80. The van der Waals surface area contributed by atoms with Gasteiger partial charge < -0.3 is 10.6 Å². The standard InChI is InChI=1S/C18H22N2S/c1-4-20(17-9-5-13(2)6-10-17)12-16-8-7-15(18(19)21)11-14(16)3/h5-11H,4,12H2,1-3H3,(H2,19,21). The van der Waals surface area contributed by atoms with Gasteiger partial charge in [-0.1, -0.05) is 42.0 Å². The first kappa shape index (κ1) is 15.5. The summed E-state index contributed by atoms with van der Waals surface area (Å²) in [5, 5.41) is 0. The minimum absolute atomic E-state index is 0.454. The molecular formula is C18H22N2S. The zero-order valence-corrected chi connectivity index (χ0v) is 13.7. The van der Waals surface area contributed by atoms with Gasteiger partial charge in [-0.05, 0) is 50.1 Å². The van der Waals surface area contributed by atoms with Gasteiger partial charge in [0, 0.05) is 24.3 Å². The number of benzene rings is 2. The van der Waals surface area contributed by atoms with Crippen LogP contribution in [0.3, 0.4) is 0 Å². The van der Waals surface area contributed by atoms with E-state index in [2.05, 4.69) is 62.1 Å². The van der Waals surface area contributed by atoms with Crippen LogP contribution in [-0.2, 0) is 6.54 Å².